The number of rotatable bonds is 9. The standard InChI is InChI=1S/C19H34O11/c1-5-18(3,4)17(27-6-2)19(15(26)12(23)10(8-21)29-19)30-16-14(25)13(24)11(22)9(7-20)28-16/h6,9-17,20-26H,2,5,7-8H2,1,3-4H3/t9-,10-,11-,12-,13+,14-,15+,16-,17?,19-/m1/s1. The summed E-state index contributed by atoms with van der Waals surface area (Å²) in [6, 6.07) is 0. The van der Waals surface area contributed by atoms with E-state index in [0.717, 1.165) is 6.26 Å². The van der Waals surface area contributed by atoms with Crippen molar-refractivity contribution in [3.8, 4) is 0 Å². The lowest BCUT2D eigenvalue weighted by Crippen LogP contribution is -2.66. The monoisotopic (exact) mass is 438 g/mol. The van der Waals surface area contributed by atoms with Crippen molar-refractivity contribution < 1.29 is 54.7 Å². The molecule has 0 spiro atoms. The third kappa shape index (κ3) is 4.37. The molecule has 176 valence electrons. The summed E-state index contributed by atoms with van der Waals surface area (Å²) in [4.78, 5) is 0. The van der Waals surface area contributed by atoms with Crippen molar-refractivity contribution >= 4 is 0 Å². The van der Waals surface area contributed by atoms with E-state index in [9.17, 15) is 35.7 Å². The van der Waals surface area contributed by atoms with Gasteiger partial charge in [-0.3, -0.25) is 0 Å². The average Bonchev–Trinajstić information content (AvgIpc) is 2.97. The van der Waals surface area contributed by atoms with Crippen molar-refractivity contribution in [2.75, 3.05) is 13.2 Å². The van der Waals surface area contributed by atoms with E-state index in [1.54, 1.807) is 13.8 Å². The molecule has 2 saturated heterocycles. The first-order chi connectivity index (χ1) is 14.0. The van der Waals surface area contributed by atoms with Crippen molar-refractivity contribution in [2.45, 2.75) is 88.1 Å². The summed E-state index contributed by atoms with van der Waals surface area (Å²) >= 11 is 0. The van der Waals surface area contributed by atoms with Crippen LogP contribution in [0, 0.1) is 5.41 Å². The van der Waals surface area contributed by atoms with Crippen LogP contribution in [0.2, 0.25) is 0 Å². The molecule has 11 heteroatoms. The Hall–Kier alpha value is -0.860. The Morgan fingerprint density at radius 3 is 2.07 bits per heavy atom. The largest absolute Gasteiger partial charge is 0.492 e. The van der Waals surface area contributed by atoms with Crippen LogP contribution in [0.3, 0.4) is 0 Å². The van der Waals surface area contributed by atoms with E-state index in [2.05, 4.69) is 6.58 Å². The zero-order chi connectivity index (χ0) is 22.9. The van der Waals surface area contributed by atoms with Gasteiger partial charge in [-0.2, -0.15) is 0 Å². The zero-order valence-electron chi connectivity index (χ0n) is 17.4. The van der Waals surface area contributed by atoms with Gasteiger partial charge in [0.15, 0.2) is 12.4 Å². The third-order valence-corrected chi connectivity index (χ3v) is 6.00. The summed E-state index contributed by atoms with van der Waals surface area (Å²) in [5.41, 5.74) is -0.743. The molecule has 2 aliphatic heterocycles. The molecule has 2 aliphatic rings. The smallest absolute Gasteiger partial charge is 0.238 e. The third-order valence-electron chi connectivity index (χ3n) is 6.00. The molecule has 2 fully saturated rings. The lowest BCUT2D eigenvalue weighted by atomic mass is 9.77. The van der Waals surface area contributed by atoms with Gasteiger partial charge < -0.3 is 54.7 Å². The minimum Gasteiger partial charge on any atom is -0.492 e. The number of aliphatic hydroxyl groups excluding tert-OH is 7. The van der Waals surface area contributed by atoms with Crippen LogP contribution in [-0.4, -0.2) is 110 Å². The fourth-order valence-corrected chi connectivity index (χ4v) is 3.79. The van der Waals surface area contributed by atoms with Gasteiger partial charge in [0.25, 0.3) is 0 Å². The van der Waals surface area contributed by atoms with Gasteiger partial charge in [0, 0.05) is 5.41 Å². The summed E-state index contributed by atoms with van der Waals surface area (Å²) in [5, 5.41) is 70.8. The summed E-state index contributed by atoms with van der Waals surface area (Å²) in [6.45, 7) is 7.62. The number of aliphatic hydroxyl groups is 7. The normalized spacial score (nSPS) is 43.4. The van der Waals surface area contributed by atoms with Gasteiger partial charge in [0.05, 0.1) is 19.5 Å². The Kier molecular flexibility index (Phi) is 8.24. The molecule has 0 bridgehead atoms. The minimum atomic E-state index is -2.16. The summed E-state index contributed by atoms with van der Waals surface area (Å²) < 4.78 is 22.6. The van der Waals surface area contributed by atoms with Crippen molar-refractivity contribution in [3.05, 3.63) is 12.8 Å². The van der Waals surface area contributed by atoms with Crippen LogP contribution in [0.15, 0.2) is 12.8 Å². The molecular formula is C19H34O11. The van der Waals surface area contributed by atoms with Gasteiger partial charge in [0.1, 0.15) is 42.7 Å². The summed E-state index contributed by atoms with van der Waals surface area (Å²) in [6.07, 6.45) is -12.1. The Bertz CT molecular complexity index is 571. The first-order valence-electron chi connectivity index (χ1n) is 9.90. The first-order valence-corrected chi connectivity index (χ1v) is 9.90. The lowest BCUT2D eigenvalue weighted by Gasteiger charge is -2.49. The Balaban J connectivity index is 2.50. The highest BCUT2D eigenvalue weighted by Crippen LogP contribution is 2.46. The molecule has 11 nitrogen and oxygen atoms in total. The van der Waals surface area contributed by atoms with Crippen molar-refractivity contribution in [1.82, 2.24) is 0 Å². The molecule has 2 heterocycles. The van der Waals surface area contributed by atoms with Crippen LogP contribution >= 0.6 is 0 Å². The second-order valence-corrected chi connectivity index (χ2v) is 8.34. The highest BCUT2D eigenvalue weighted by atomic mass is 16.8. The van der Waals surface area contributed by atoms with Gasteiger partial charge in [-0.15, -0.1) is 0 Å². The zero-order valence-corrected chi connectivity index (χ0v) is 17.4. The highest BCUT2D eigenvalue weighted by molar-refractivity contribution is 5.06. The average molecular weight is 438 g/mol. The molecule has 30 heavy (non-hydrogen) atoms. The van der Waals surface area contributed by atoms with E-state index in [1.807, 2.05) is 6.92 Å². The van der Waals surface area contributed by atoms with Gasteiger partial charge in [-0.25, -0.2) is 0 Å². The molecule has 0 saturated carbocycles. The summed E-state index contributed by atoms with van der Waals surface area (Å²) in [7, 11) is 0. The van der Waals surface area contributed by atoms with Crippen molar-refractivity contribution in [2.24, 2.45) is 5.41 Å². The highest BCUT2D eigenvalue weighted by Gasteiger charge is 2.65. The maximum absolute atomic E-state index is 10.9. The fraction of sp³-hybridized carbons (Fsp3) is 0.895. The predicted octanol–water partition coefficient (Wildman–Crippen LogP) is -2.42. The van der Waals surface area contributed by atoms with Crippen LogP contribution in [0.5, 0.6) is 0 Å². The molecule has 2 rings (SSSR count). The van der Waals surface area contributed by atoms with Gasteiger partial charge in [-0.1, -0.05) is 27.4 Å². The second-order valence-electron chi connectivity index (χ2n) is 8.34. The topological polar surface area (TPSA) is 179 Å². The number of ether oxygens (including phenoxy) is 4. The molecular weight excluding hydrogens is 404 g/mol. The van der Waals surface area contributed by atoms with E-state index >= 15 is 0 Å². The van der Waals surface area contributed by atoms with E-state index in [4.69, 9.17) is 18.9 Å². The van der Waals surface area contributed by atoms with E-state index in [-0.39, 0.29) is 0 Å². The molecule has 10 atom stereocenters. The molecule has 0 aromatic heterocycles. The molecule has 0 aromatic carbocycles. The summed E-state index contributed by atoms with van der Waals surface area (Å²) in [5.74, 6) is -2.16. The van der Waals surface area contributed by atoms with Crippen LogP contribution in [0.25, 0.3) is 0 Å². The number of hydrogen-bond donors (Lipinski definition) is 7. The van der Waals surface area contributed by atoms with Crippen LogP contribution < -0.4 is 0 Å². The van der Waals surface area contributed by atoms with E-state index in [1.165, 1.54) is 0 Å². The van der Waals surface area contributed by atoms with Gasteiger partial charge in [0.2, 0.25) is 5.79 Å². The Morgan fingerprint density at radius 2 is 1.60 bits per heavy atom. The van der Waals surface area contributed by atoms with E-state index in [0.29, 0.717) is 6.42 Å². The minimum absolute atomic E-state index is 0.501. The van der Waals surface area contributed by atoms with Crippen LogP contribution in [0.4, 0.5) is 0 Å². The Morgan fingerprint density at radius 1 is 1.00 bits per heavy atom. The molecule has 0 aliphatic carbocycles. The molecule has 1 unspecified atom stereocenters. The van der Waals surface area contributed by atoms with Crippen LogP contribution in [-0.2, 0) is 18.9 Å². The molecule has 0 aromatic rings. The quantitative estimate of drug-likeness (QED) is 0.190. The maximum atomic E-state index is 10.9. The molecule has 0 radical (unpaired) electrons. The molecule has 0 amide bonds. The SMILES string of the molecule is C=COC(C(C)(C)CC)[C@@]1(O[C@H]2O[C@H](CO)[C@@H](O)[C@H](O)[C@H]2O)O[C@H](CO)[C@@H](O)[C@@H]1O. The first kappa shape index (κ1) is 25.4. The second kappa shape index (κ2) is 9.74. The maximum Gasteiger partial charge on any atom is 0.238 e. The molecule has 7 N–H and O–H groups in total. The van der Waals surface area contributed by atoms with Crippen molar-refractivity contribution in [3.63, 3.8) is 0 Å². The van der Waals surface area contributed by atoms with Gasteiger partial charge >= 0.3 is 0 Å². The lowest BCUT2D eigenvalue weighted by molar-refractivity contribution is -0.403. The fourth-order valence-electron chi connectivity index (χ4n) is 3.79. The van der Waals surface area contributed by atoms with E-state index < -0.39 is 79.5 Å². The van der Waals surface area contributed by atoms with Crippen LogP contribution in [0.1, 0.15) is 27.2 Å². The predicted molar refractivity (Wildman–Crippen MR) is 101 cm³/mol. The number of hydrogen-bond acceptors (Lipinski definition) is 11. The van der Waals surface area contributed by atoms with Crippen molar-refractivity contribution in [1.29, 1.82) is 0 Å². The Labute approximate surface area is 175 Å². The van der Waals surface area contributed by atoms with Gasteiger partial charge in [-0.05, 0) is 6.42 Å².